The molecule has 0 unspecified atom stereocenters. The highest BCUT2D eigenvalue weighted by Crippen LogP contribution is 2.30. The Labute approximate surface area is 146 Å². The number of nitrogens with one attached hydrogen (secondary N) is 1. The van der Waals surface area contributed by atoms with Gasteiger partial charge in [-0.15, -0.1) is 5.01 Å². The Bertz CT molecular complexity index is 845. The zero-order valence-corrected chi connectivity index (χ0v) is 14.3. The van der Waals surface area contributed by atoms with Crippen LogP contribution < -0.4 is 10.1 Å². The Balaban J connectivity index is 1.87. The molecule has 0 aromatic heterocycles. The van der Waals surface area contributed by atoms with Crippen LogP contribution in [0.15, 0.2) is 53.6 Å². The molecule has 0 radical (unpaired) electrons. The summed E-state index contributed by atoms with van der Waals surface area (Å²) in [5.41, 5.74) is 1.37. The van der Waals surface area contributed by atoms with Crippen LogP contribution >= 0.6 is 0 Å². The lowest BCUT2D eigenvalue weighted by atomic mass is 9.92. The van der Waals surface area contributed by atoms with E-state index in [1.54, 1.807) is 38.3 Å². The van der Waals surface area contributed by atoms with E-state index < -0.39 is 17.5 Å². The highest BCUT2D eigenvalue weighted by atomic mass is 16.5. The molecule has 25 heavy (non-hydrogen) atoms. The maximum absolute atomic E-state index is 12.8. The smallest absolute Gasteiger partial charge is 0.346 e. The summed E-state index contributed by atoms with van der Waals surface area (Å²) < 4.78 is 5.13. The van der Waals surface area contributed by atoms with Crippen molar-refractivity contribution in [1.82, 2.24) is 10.3 Å². The molecule has 2 aromatic rings. The van der Waals surface area contributed by atoms with E-state index in [0.29, 0.717) is 11.3 Å². The van der Waals surface area contributed by atoms with Crippen LogP contribution in [-0.2, 0) is 10.3 Å². The first kappa shape index (κ1) is 16.7. The molecule has 1 fully saturated rings. The molecule has 6 heteroatoms. The summed E-state index contributed by atoms with van der Waals surface area (Å²) >= 11 is 0. The van der Waals surface area contributed by atoms with Crippen LogP contribution in [0.4, 0.5) is 4.79 Å². The van der Waals surface area contributed by atoms with Gasteiger partial charge in [-0.1, -0.05) is 36.4 Å². The first-order chi connectivity index (χ1) is 12.0. The first-order valence-corrected chi connectivity index (χ1v) is 7.86. The molecule has 3 rings (SSSR count). The van der Waals surface area contributed by atoms with E-state index in [2.05, 4.69) is 10.4 Å². The number of ether oxygens (including phenoxy) is 1. The van der Waals surface area contributed by atoms with Gasteiger partial charge in [0.25, 0.3) is 5.91 Å². The van der Waals surface area contributed by atoms with Crippen LogP contribution in [0.1, 0.15) is 23.6 Å². The van der Waals surface area contributed by atoms with Crippen LogP contribution in [0.3, 0.4) is 0 Å². The number of hydrazone groups is 1. The normalized spacial score (nSPS) is 20.2. The number of nitrogens with zero attached hydrogens (tertiary/aromatic N) is 2. The number of hydrogen-bond donors (Lipinski definition) is 1. The number of amides is 3. The fraction of sp³-hybridized carbons (Fsp3) is 0.211. The van der Waals surface area contributed by atoms with Gasteiger partial charge in [-0.3, -0.25) is 4.79 Å². The molecule has 1 saturated heterocycles. The summed E-state index contributed by atoms with van der Waals surface area (Å²) in [7, 11) is 1.57. The number of rotatable bonds is 4. The third-order valence-corrected chi connectivity index (χ3v) is 4.34. The molecule has 1 N–H and O–H groups in total. The third kappa shape index (κ3) is 2.98. The predicted octanol–water partition coefficient (Wildman–Crippen LogP) is 2.80. The number of methoxy groups -OCH3 is 1. The van der Waals surface area contributed by atoms with Crippen molar-refractivity contribution in [2.75, 3.05) is 7.11 Å². The quantitative estimate of drug-likeness (QED) is 0.689. The number of imide groups is 1. The van der Waals surface area contributed by atoms with E-state index in [4.69, 9.17) is 4.74 Å². The highest BCUT2D eigenvalue weighted by Gasteiger charge is 2.49. The van der Waals surface area contributed by atoms with Crippen molar-refractivity contribution in [1.29, 1.82) is 0 Å². The minimum Gasteiger partial charge on any atom is -0.497 e. The van der Waals surface area contributed by atoms with E-state index in [1.807, 2.05) is 31.2 Å². The Morgan fingerprint density at radius 2 is 1.80 bits per heavy atom. The highest BCUT2D eigenvalue weighted by molar-refractivity contribution is 6.07. The summed E-state index contributed by atoms with van der Waals surface area (Å²) in [6.07, 6.45) is 1.52. The Morgan fingerprint density at radius 1 is 1.12 bits per heavy atom. The van der Waals surface area contributed by atoms with Crippen LogP contribution in [0, 0.1) is 6.92 Å². The molecule has 1 aliphatic heterocycles. The number of benzene rings is 2. The van der Waals surface area contributed by atoms with Crippen LogP contribution in [-0.4, -0.2) is 30.3 Å². The summed E-state index contributed by atoms with van der Waals surface area (Å²) in [5, 5.41) is 7.68. The summed E-state index contributed by atoms with van der Waals surface area (Å²) in [6, 6.07) is 14.1. The summed E-state index contributed by atoms with van der Waals surface area (Å²) in [4.78, 5) is 25.1. The van der Waals surface area contributed by atoms with Gasteiger partial charge in [0.05, 0.1) is 13.3 Å². The zero-order valence-electron chi connectivity index (χ0n) is 14.3. The van der Waals surface area contributed by atoms with Crippen LogP contribution in [0.25, 0.3) is 0 Å². The fourth-order valence-corrected chi connectivity index (χ4v) is 2.70. The van der Waals surface area contributed by atoms with Crippen molar-refractivity contribution in [3.63, 3.8) is 0 Å². The lowest BCUT2D eigenvalue weighted by Crippen LogP contribution is -2.40. The maximum atomic E-state index is 12.8. The van der Waals surface area contributed by atoms with Crippen molar-refractivity contribution < 1.29 is 14.3 Å². The minimum atomic E-state index is -1.16. The van der Waals surface area contributed by atoms with Gasteiger partial charge >= 0.3 is 6.03 Å². The standard InChI is InChI=1S/C19H19N3O3/c1-13-6-4-5-7-14(13)12-20-22-17(23)19(2,21-18(22)24)15-8-10-16(25-3)11-9-15/h4-12H,1-3H3,(H,21,24)/b20-12-/t19-/m1/s1. The second-order valence-corrected chi connectivity index (χ2v) is 6.00. The largest absolute Gasteiger partial charge is 0.497 e. The van der Waals surface area contributed by atoms with Crippen molar-refractivity contribution in [2.24, 2.45) is 5.10 Å². The van der Waals surface area contributed by atoms with Crippen LogP contribution in [0.2, 0.25) is 0 Å². The average Bonchev–Trinajstić information content (AvgIpc) is 2.84. The molecule has 0 aliphatic carbocycles. The second kappa shape index (κ2) is 6.39. The Hall–Kier alpha value is -3.15. The predicted molar refractivity (Wildman–Crippen MR) is 94.5 cm³/mol. The van der Waals surface area contributed by atoms with Gasteiger partial charge in [0, 0.05) is 0 Å². The molecular weight excluding hydrogens is 318 g/mol. The second-order valence-electron chi connectivity index (χ2n) is 6.00. The molecule has 128 valence electrons. The Kier molecular flexibility index (Phi) is 4.27. The topological polar surface area (TPSA) is 71.0 Å². The van der Waals surface area contributed by atoms with Gasteiger partial charge < -0.3 is 10.1 Å². The summed E-state index contributed by atoms with van der Waals surface area (Å²) in [6.45, 7) is 3.60. The average molecular weight is 337 g/mol. The summed E-state index contributed by atoms with van der Waals surface area (Å²) in [5.74, 6) is 0.256. The SMILES string of the molecule is COc1ccc([C@@]2(C)NC(=O)N(/N=C\c3ccccc3C)C2=O)cc1. The van der Waals surface area contributed by atoms with Crippen molar-refractivity contribution in [3.05, 3.63) is 65.2 Å². The van der Waals surface area contributed by atoms with E-state index in [0.717, 1.165) is 16.1 Å². The molecule has 0 saturated carbocycles. The zero-order chi connectivity index (χ0) is 18.0. The van der Waals surface area contributed by atoms with Gasteiger partial charge in [-0.25, -0.2) is 4.79 Å². The van der Waals surface area contributed by atoms with E-state index in [-0.39, 0.29) is 0 Å². The maximum Gasteiger partial charge on any atom is 0.346 e. The third-order valence-electron chi connectivity index (χ3n) is 4.34. The first-order valence-electron chi connectivity index (χ1n) is 7.86. The Morgan fingerprint density at radius 3 is 2.44 bits per heavy atom. The van der Waals surface area contributed by atoms with Gasteiger partial charge in [0.2, 0.25) is 0 Å². The molecular formula is C19H19N3O3. The molecule has 1 atom stereocenters. The number of carbonyl (C=O) groups excluding carboxylic acids is 2. The van der Waals surface area contributed by atoms with Gasteiger partial charge in [-0.2, -0.15) is 5.10 Å². The number of aryl methyl sites for hydroxylation is 1. The van der Waals surface area contributed by atoms with E-state index in [1.165, 1.54) is 6.21 Å². The van der Waals surface area contributed by atoms with Gasteiger partial charge in [0.15, 0.2) is 0 Å². The van der Waals surface area contributed by atoms with E-state index in [9.17, 15) is 9.59 Å². The lowest BCUT2D eigenvalue weighted by Gasteiger charge is -2.21. The van der Waals surface area contributed by atoms with Gasteiger partial charge in [0.1, 0.15) is 11.3 Å². The van der Waals surface area contributed by atoms with Crippen LogP contribution in [0.5, 0.6) is 5.75 Å². The molecule has 1 aliphatic rings. The fourth-order valence-electron chi connectivity index (χ4n) is 2.70. The molecule has 3 amide bonds. The van der Waals surface area contributed by atoms with Crippen molar-refractivity contribution in [2.45, 2.75) is 19.4 Å². The number of urea groups is 1. The molecule has 2 aromatic carbocycles. The molecule has 6 nitrogen and oxygen atoms in total. The van der Waals surface area contributed by atoms with Crippen molar-refractivity contribution >= 4 is 18.2 Å². The number of hydrogen-bond acceptors (Lipinski definition) is 4. The number of carbonyl (C=O) groups is 2. The monoisotopic (exact) mass is 337 g/mol. The lowest BCUT2D eigenvalue weighted by molar-refractivity contribution is -0.131. The molecule has 1 heterocycles. The van der Waals surface area contributed by atoms with Gasteiger partial charge in [-0.05, 0) is 42.7 Å². The van der Waals surface area contributed by atoms with Crippen molar-refractivity contribution in [3.8, 4) is 5.75 Å². The molecule has 0 bridgehead atoms. The molecule has 0 spiro atoms. The van der Waals surface area contributed by atoms with E-state index >= 15 is 0 Å². The minimum absolute atomic E-state index is 0.424.